The van der Waals surface area contributed by atoms with Crippen LogP contribution >= 0.6 is 12.6 Å². The smallest absolute Gasteiger partial charge is 0.0653 e. The second kappa shape index (κ2) is 3.82. The first kappa shape index (κ1) is 13.3. The van der Waals surface area contributed by atoms with Gasteiger partial charge in [-0.1, -0.05) is 27.7 Å². The molecule has 0 saturated heterocycles. The molecule has 0 rings (SSSR count). The molecule has 0 aliphatic heterocycles. The topological polar surface area (TPSA) is 20.2 Å². The predicted octanol–water partition coefficient (Wildman–Crippen LogP) is 3.13. The fourth-order valence-electron chi connectivity index (χ4n) is 1.64. The molecule has 0 bridgehead atoms. The van der Waals surface area contributed by atoms with Gasteiger partial charge in [0.05, 0.1) is 5.60 Å². The molecular formula is C11H24OS. The van der Waals surface area contributed by atoms with Crippen molar-refractivity contribution in [3.63, 3.8) is 0 Å². The number of aliphatic hydroxyl groups is 1. The van der Waals surface area contributed by atoms with E-state index in [-0.39, 0.29) is 10.8 Å². The third kappa shape index (κ3) is 3.90. The third-order valence-electron chi connectivity index (χ3n) is 2.75. The lowest BCUT2D eigenvalue weighted by Crippen LogP contribution is -2.45. The van der Waals surface area contributed by atoms with Gasteiger partial charge < -0.3 is 5.11 Å². The zero-order chi connectivity index (χ0) is 10.9. The van der Waals surface area contributed by atoms with Gasteiger partial charge in [0.15, 0.2) is 0 Å². The van der Waals surface area contributed by atoms with E-state index < -0.39 is 5.60 Å². The van der Waals surface area contributed by atoms with Crippen molar-refractivity contribution in [2.24, 2.45) is 10.8 Å². The molecule has 1 N–H and O–H groups in total. The van der Waals surface area contributed by atoms with Gasteiger partial charge in [-0.2, -0.15) is 12.6 Å². The van der Waals surface area contributed by atoms with Crippen LogP contribution in [0.1, 0.15) is 48.0 Å². The fourth-order valence-corrected chi connectivity index (χ4v) is 2.13. The van der Waals surface area contributed by atoms with Crippen LogP contribution in [0.25, 0.3) is 0 Å². The van der Waals surface area contributed by atoms with Crippen LogP contribution < -0.4 is 0 Å². The number of thiol groups is 1. The Morgan fingerprint density at radius 2 is 1.38 bits per heavy atom. The van der Waals surface area contributed by atoms with E-state index in [4.69, 9.17) is 0 Å². The van der Waals surface area contributed by atoms with Crippen LogP contribution in [0.2, 0.25) is 0 Å². The molecular weight excluding hydrogens is 180 g/mol. The maximum atomic E-state index is 10.1. The molecule has 0 aromatic rings. The Morgan fingerprint density at radius 3 is 1.46 bits per heavy atom. The Morgan fingerprint density at radius 1 is 1.00 bits per heavy atom. The molecule has 0 heterocycles. The molecule has 80 valence electrons. The molecule has 0 aromatic heterocycles. The Balaban J connectivity index is 4.67. The van der Waals surface area contributed by atoms with E-state index in [1.165, 1.54) is 0 Å². The molecule has 1 atom stereocenters. The monoisotopic (exact) mass is 204 g/mol. The van der Waals surface area contributed by atoms with Crippen molar-refractivity contribution in [2.45, 2.75) is 53.6 Å². The van der Waals surface area contributed by atoms with Gasteiger partial charge >= 0.3 is 0 Å². The summed E-state index contributed by atoms with van der Waals surface area (Å²) in [4.78, 5) is 0. The summed E-state index contributed by atoms with van der Waals surface area (Å²) in [5, 5.41) is 10.1. The highest BCUT2D eigenvalue weighted by Gasteiger charge is 2.40. The van der Waals surface area contributed by atoms with Crippen LogP contribution in [0.5, 0.6) is 0 Å². The molecule has 0 amide bonds. The number of hydrogen-bond acceptors (Lipinski definition) is 2. The van der Waals surface area contributed by atoms with Crippen molar-refractivity contribution in [3.8, 4) is 0 Å². The minimum Gasteiger partial charge on any atom is -0.390 e. The van der Waals surface area contributed by atoms with Gasteiger partial charge in [-0.3, -0.25) is 0 Å². The Kier molecular flexibility index (Phi) is 3.91. The van der Waals surface area contributed by atoms with E-state index in [2.05, 4.69) is 40.3 Å². The molecule has 0 fully saturated rings. The molecule has 0 radical (unpaired) electrons. The summed E-state index contributed by atoms with van der Waals surface area (Å²) in [5.41, 5.74) is -0.548. The van der Waals surface area contributed by atoms with Crippen molar-refractivity contribution in [1.82, 2.24) is 0 Å². The Hall–Kier alpha value is 0.310. The zero-order valence-corrected chi connectivity index (χ0v) is 10.7. The first-order valence-electron chi connectivity index (χ1n) is 4.85. The van der Waals surface area contributed by atoms with E-state index in [9.17, 15) is 5.11 Å². The summed E-state index contributed by atoms with van der Waals surface area (Å²) >= 11 is 4.35. The van der Waals surface area contributed by atoms with Crippen molar-refractivity contribution in [2.75, 3.05) is 5.75 Å². The highest BCUT2D eigenvalue weighted by molar-refractivity contribution is 7.80. The average molecular weight is 204 g/mol. The first-order chi connectivity index (χ1) is 5.52. The summed E-state index contributed by atoms with van der Waals surface area (Å²) in [6, 6.07) is 0. The quantitative estimate of drug-likeness (QED) is 0.677. The van der Waals surface area contributed by atoms with Crippen LogP contribution in [0.3, 0.4) is 0 Å². The van der Waals surface area contributed by atoms with Crippen molar-refractivity contribution < 1.29 is 5.11 Å². The van der Waals surface area contributed by atoms with Gasteiger partial charge in [0.25, 0.3) is 0 Å². The molecule has 2 heteroatoms. The highest BCUT2D eigenvalue weighted by Crippen LogP contribution is 2.42. The summed E-state index contributed by atoms with van der Waals surface area (Å²) in [5.74, 6) is 0.716. The molecule has 0 aromatic carbocycles. The summed E-state index contributed by atoms with van der Waals surface area (Å²) in [7, 11) is 0. The molecule has 0 saturated carbocycles. The van der Waals surface area contributed by atoms with Gasteiger partial charge in [0.2, 0.25) is 0 Å². The molecule has 0 aliphatic rings. The highest BCUT2D eigenvalue weighted by atomic mass is 32.1. The van der Waals surface area contributed by atoms with Crippen LogP contribution in [0, 0.1) is 10.8 Å². The molecule has 1 unspecified atom stereocenters. The largest absolute Gasteiger partial charge is 0.390 e. The maximum Gasteiger partial charge on any atom is 0.0653 e. The number of rotatable bonds is 3. The van der Waals surface area contributed by atoms with Crippen LogP contribution in [0.4, 0.5) is 0 Å². The molecule has 13 heavy (non-hydrogen) atoms. The van der Waals surface area contributed by atoms with Gasteiger partial charge in [0, 0.05) is 5.41 Å². The summed E-state index contributed by atoms with van der Waals surface area (Å²) in [6.07, 6.45) is 0.979. The van der Waals surface area contributed by atoms with E-state index >= 15 is 0 Å². The van der Waals surface area contributed by atoms with Gasteiger partial charge in [0.1, 0.15) is 0 Å². The lowest BCUT2D eigenvalue weighted by atomic mass is 9.67. The van der Waals surface area contributed by atoms with Crippen molar-refractivity contribution in [3.05, 3.63) is 0 Å². The third-order valence-corrected chi connectivity index (χ3v) is 3.44. The maximum absolute atomic E-state index is 10.1. The van der Waals surface area contributed by atoms with Crippen molar-refractivity contribution >= 4 is 12.6 Å². The lowest BCUT2D eigenvalue weighted by molar-refractivity contribution is -0.0515. The Labute approximate surface area is 88.3 Å². The van der Waals surface area contributed by atoms with Crippen molar-refractivity contribution in [1.29, 1.82) is 0 Å². The molecule has 0 spiro atoms. The SMILES string of the molecule is CC(C)(C)CC(C)(CS)C(C)(C)O. The number of hydrogen-bond donors (Lipinski definition) is 2. The van der Waals surface area contributed by atoms with Crippen LogP contribution in [-0.4, -0.2) is 16.5 Å². The minimum absolute atomic E-state index is 0.117. The minimum atomic E-state index is -0.665. The summed E-state index contributed by atoms with van der Waals surface area (Å²) < 4.78 is 0. The van der Waals surface area contributed by atoms with Gasteiger partial charge in [-0.05, 0) is 31.4 Å². The van der Waals surface area contributed by atoms with Gasteiger partial charge in [-0.25, -0.2) is 0 Å². The average Bonchev–Trinajstić information content (AvgIpc) is 1.81. The van der Waals surface area contributed by atoms with Gasteiger partial charge in [-0.15, -0.1) is 0 Å². The normalized spacial score (nSPS) is 18.5. The van der Waals surface area contributed by atoms with E-state index in [0.717, 1.165) is 6.42 Å². The first-order valence-corrected chi connectivity index (χ1v) is 5.48. The summed E-state index contributed by atoms with van der Waals surface area (Å²) in [6.45, 7) is 12.4. The fraction of sp³-hybridized carbons (Fsp3) is 1.00. The lowest BCUT2D eigenvalue weighted by Gasteiger charge is -2.43. The van der Waals surface area contributed by atoms with Crippen LogP contribution in [-0.2, 0) is 0 Å². The molecule has 1 nitrogen and oxygen atoms in total. The molecule has 0 aliphatic carbocycles. The predicted molar refractivity (Wildman–Crippen MR) is 62.3 cm³/mol. The van der Waals surface area contributed by atoms with E-state index in [1.54, 1.807) is 0 Å². The zero-order valence-electron chi connectivity index (χ0n) is 9.81. The van der Waals surface area contributed by atoms with E-state index in [1.807, 2.05) is 13.8 Å². The second-order valence-corrected chi connectivity index (χ2v) is 6.33. The standard InChI is InChI=1S/C11H24OS/c1-9(2,3)7-11(6,8-13)10(4,5)12/h12-13H,7-8H2,1-6H3. The van der Waals surface area contributed by atoms with Crippen LogP contribution in [0.15, 0.2) is 0 Å². The van der Waals surface area contributed by atoms with E-state index in [0.29, 0.717) is 5.75 Å². The second-order valence-electron chi connectivity index (χ2n) is 6.02. The Bertz CT molecular complexity index is 164.